The van der Waals surface area contributed by atoms with Crippen molar-refractivity contribution in [2.75, 3.05) is 6.54 Å². The van der Waals surface area contributed by atoms with Crippen LogP contribution in [0.1, 0.15) is 0 Å². The number of hydrogen-bond acceptors (Lipinski definition) is 3. The van der Waals surface area contributed by atoms with E-state index in [1.165, 1.54) is 0 Å². The first-order chi connectivity index (χ1) is 5.00. The minimum Gasteiger partial charge on any atom is -0.364 e. The molecule has 0 aromatic heterocycles. The van der Waals surface area contributed by atoms with E-state index in [4.69, 9.17) is 5.73 Å². The molecule has 0 aromatic rings. The normalized spacial score (nSPS) is 25.8. The van der Waals surface area contributed by atoms with Gasteiger partial charge >= 0.3 is 6.18 Å². The van der Waals surface area contributed by atoms with Gasteiger partial charge in [-0.3, -0.25) is 11.1 Å². The second-order valence-electron chi connectivity index (χ2n) is 2.19. The van der Waals surface area contributed by atoms with Crippen molar-refractivity contribution in [2.24, 2.45) is 5.73 Å². The van der Waals surface area contributed by atoms with Gasteiger partial charge in [0.2, 0.25) is 0 Å². The van der Waals surface area contributed by atoms with Gasteiger partial charge < -0.3 is 5.32 Å². The summed E-state index contributed by atoms with van der Waals surface area (Å²) < 4.78 is 35.6. The smallest absolute Gasteiger partial charge is 0.364 e. The molecule has 0 aromatic carbocycles. The van der Waals surface area contributed by atoms with Crippen molar-refractivity contribution >= 4 is 0 Å². The van der Waals surface area contributed by atoms with E-state index in [-0.39, 0.29) is 6.54 Å². The lowest BCUT2D eigenvalue weighted by molar-refractivity contribution is -0.0944. The van der Waals surface area contributed by atoms with Crippen LogP contribution in [0, 0.1) is 0 Å². The summed E-state index contributed by atoms with van der Waals surface area (Å²) in [6, 6.07) is 0. The molecular weight excluding hydrogens is 159 g/mol. The van der Waals surface area contributed by atoms with Gasteiger partial charge in [-0.15, -0.1) is 0 Å². The zero-order chi connectivity index (χ0) is 8.48. The number of nitrogens with one attached hydrogen (secondary N) is 2. The van der Waals surface area contributed by atoms with Gasteiger partial charge in [-0.2, -0.15) is 13.2 Å². The predicted octanol–water partition coefficient (Wildman–Crippen LogP) is -0.132. The van der Waals surface area contributed by atoms with Crippen LogP contribution in [0.4, 0.5) is 13.2 Å². The predicted molar refractivity (Wildman–Crippen MR) is 33.3 cm³/mol. The molecule has 1 rings (SSSR count). The minimum absolute atomic E-state index is 0.238. The summed E-state index contributed by atoms with van der Waals surface area (Å²) >= 11 is 0. The summed E-state index contributed by atoms with van der Waals surface area (Å²) in [6.45, 7) is -0.238. The first-order valence-electron chi connectivity index (χ1n) is 3.01. The maximum Gasteiger partial charge on any atom is 0.415 e. The molecule has 11 heavy (non-hydrogen) atoms. The molecule has 1 unspecified atom stereocenters. The molecule has 0 bridgehead atoms. The van der Waals surface area contributed by atoms with Gasteiger partial charge in [-0.05, 0) is 0 Å². The van der Waals surface area contributed by atoms with Crippen molar-refractivity contribution in [3.8, 4) is 0 Å². The molecule has 0 aliphatic carbocycles. The highest BCUT2D eigenvalue weighted by Crippen LogP contribution is 2.24. The summed E-state index contributed by atoms with van der Waals surface area (Å²) in [4.78, 5) is 0. The summed E-state index contributed by atoms with van der Waals surface area (Å²) in [5.74, 6) is 0. The highest BCUT2D eigenvalue weighted by atomic mass is 19.4. The molecule has 64 valence electrons. The van der Waals surface area contributed by atoms with Crippen LogP contribution in [0.3, 0.4) is 0 Å². The average Bonchev–Trinajstić information content (AvgIpc) is 1.86. The zero-order valence-electron chi connectivity index (χ0n) is 5.57. The monoisotopic (exact) mass is 167 g/mol. The quantitative estimate of drug-likeness (QED) is 0.471. The maximum atomic E-state index is 11.9. The zero-order valence-corrected chi connectivity index (χ0v) is 5.57. The number of hydrogen-bond donors (Lipinski definition) is 3. The number of alkyl halides is 3. The van der Waals surface area contributed by atoms with E-state index in [2.05, 4.69) is 10.6 Å². The van der Waals surface area contributed by atoms with E-state index in [0.29, 0.717) is 0 Å². The fourth-order valence-corrected chi connectivity index (χ4v) is 0.702. The van der Waals surface area contributed by atoms with Gasteiger partial charge in [0.1, 0.15) is 6.29 Å². The molecule has 1 atom stereocenters. The summed E-state index contributed by atoms with van der Waals surface area (Å²) in [5.41, 5.74) is 4.57. The average molecular weight is 167 g/mol. The van der Waals surface area contributed by atoms with Gasteiger partial charge in [0.15, 0.2) is 0 Å². The van der Waals surface area contributed by atoms with E-state index in [0.717, 1.165) is 6.20 Å². The first-order valence-corrected chi connectivity index (χ1v) is 3.01. The Balaban J connectivity index is 2.62. The lowest BCUT2D eigenvalue weighted by atomic mass is 10.2. The number of rotatable bonds is 0. The van der Waals surface area contributed by atoms with Crippen molar-refractivity contribution in [3.05, 3.63) is 11.8 Å². The van der Waals surface area contributed by atoms with Crippen LogP contribution in [0.25, 0.3) is 0 Å². The van der Waals surface area contributed by atoms with E-state index < -0.39 is 18.0 Å². The summed E-state index contributed by atoms with van der Waals surface area (Å²) in [5, 5.41) is 4.74. The third-order valence-corrected chi connectivity index (χ3v) is 1.31. The Bertz CT molecular complexity index is 174. The van der Waals surface area contributed by atoms with Gasteiger partial charge in [-0.1, -0.05) is 0 Å². The van der Waals surface area contributed by atoms with Gasteiger partial charge in [-0.25, -0.2) is 0 Å². The Morgan fingerprint density at radius 3 is 2.55 bits per heavy atom. The van der Waals surface area contributed by atoms with Crippen LogP contribution >= 0.6 is 0 Å². The molecule has 0 saturated heterocycles. The SMILES string of the molecule is NC1NC=C(C(F)(F)F)CN1. The van der Waals surface area contributed by atoms with E-state index in [1.54, 1.807) is 0 Å². The Morgan fingerprint density at radius 2 is 2.18 bits per heavy atom. The molecule has 1 heterocycles. The van der Waals surface area contributed by atoms with Crippen molar-refractivity contribution in [1.29, 1.82) is 0 Å². The molecule has 0 fully saturated rings. The van der Waals surface area contributed by atoms with Crippen LogP contribution < -0.4 is 16.4 Å². The van der Waals surface area contributed by atoms with E-state index >= 15 is 0 Å². The first kappa shape index (κ1) is 8.35. The van der Waals surface area contributed by atoms with Crippen LogP contribution in [-0.2, 0) is 0 Å². The fourth-order valence-electron chi connectivity index (χ4n) is 0.702. The second-order valence-corrected chi connectivity index (χ2v) is 2.19. The molecule has 0 saturated carbocycles. The van der Waals surface area contributed by atoms with Crippen molar-refractivity contribution in [2.45, 2.75) is 12.5 Å². The third kappa shape index (κ3) is 2.09. The molecule has 0 spiro atoms. The third-order valence-electron chi connectivity index (χ3n) is 1.31. The van der Waals surface area contributed by atoms with Crippen molar-refractivity contribution in [1.82, 2.24) is 10.6 Å². The summed E-state index contributed by atoms with van der Waals surface area (Å²) in [7, 11) is 0. The molecule has 0 radical (unpaired) electrons. The Labute approximate surface area is 61.4 Å². The maximum absolute atomic E-state index is 11.9. The topological polar surface area (TPSA) is 50.1 Å². The molecule has 1 aliphatic heterocycles. The lowest BCUT2D eigenvalue weighted by Crippen LogP contribution is -2.52. The van der Waals surface area contributed by atoms with Gasteiger partial charge in [0.05, 0.1) is 5.57 Å². The standard InChI is InChI=1S/C5H8F3N3/c6-5(7,8)3-1-10-4(9)11-2-3/h1,4,10-11H,2,9H2. The lowest BCUT2D eigenvalue weighted by Gasteiger charge is -2.23. The largest absolute Gasteiger partial charge is 0.415 e. The minimum atomic E-state index is -4.26. The van der Waals surface area contributed by atoms with Gasteiger partial charge in [0, 0.05) is 12.7 Å². The Hall–Kier alpha value is -0.750. The van der Waals surface area contributed by atoms with E-state index in [9.17, 15) is 13.2 Å². The van der Waals surface area contributed by atoms with Crippen LogP contribution in [0.5, 0.6) is 0 Å². The fraction of sp³-hybridized carbons (Fsp3) is 0.600. The van der Waals surface area contributed by atoms with Crippen LogP contribution in [0.2, 0.25) is 0 Å². The molecule has 4 N–H and O–H groups in total. The van der Waals surface area contributed by atoms with Crippen molar-refractivity contribution in [3.63, 3.8) is 0 Å². The van der Waals surface area contributed by atoms with Crippen LogP contribution in [0.15, 0.2) is 11.8 Å². The van der Waals surface area contributed by atoms with Crippen LogP contribution in [-0.4, -0.2) is 19.0 Å². The Kier molecular flexibility index (Phi) is 2.05. The second kappa shape index (κ2) is 2.71. The number of nitrogens with two attached hydrogens (primary N) is 1. The molecule has 6 heteroatoms. The highest BCUT2D eigenvalue weighted by Gasteiger charge is 2.34. The highest BCUT2D eigenvalue weighted by molar-refractivity contribution is 5.12. The number of halogens is 3. The molecular formula is C5H8F3N3. The van der Waals surface area contributed by atoms with Crippen molar-refractivity contribution < 1.29 is 13.2 Å². The molecule has 3 nitrogen and oxygen atoms in total. The Morgan fingerprint density at radius 1 is 1.55 bits per heavy atom. The van der Waals surface area contributed by atoms with E-state index in [1.807, 2.05) is 0 Å². The summed E-state index contributed by atoms with van der Waals surface area (Å²) in [6.07, 6.45) is -3.96. The molecule has 1 aliphatic rings. The molecule has 0 amide bonds. The van der Waals surface area contributed by atoms with Gasteiger partial charge in [0.25, 0.3) is 0 Å².